The van der Waals surface area contributed by atoms with Crippen LogP contribution in [0, 0.1) is 0 Å². The number of aromatic hydroxyl groups is 1. The van der Waals surface area contributed by atoms with Crippen LogP contribution in [0.25, 0.3) is 5.52 Å². The summed E-state index contributed by atoms with van der Waals surface area (Å²) in [7, 11) is 0. The summed E-state index contributed by atoms with van der Waals surface area (Å²) in [5, 5.41) is 22.7. The largest absolute Gasteiger partial charge is 0.494 e. The van der Waals surface area contributed by atoms with Gasteiger partial charge in [-0.1, -0.05) is 12.5 Å². The van der Waals surface area contributed by atoms with Crippen LogP contribution in [0.15, 0.2) is 18.2 Å². The van der Waals surface area contributed by atoms with E-state index in [9.17, 15) is 15.0 Å². The molecule has 1 atom stereocenters. The maximum atomic E-state index is 11.3. The van der Waals surface area contributed by atoms with Crippen LogP contribution in [0.5, 0.6) is 5.88 Å². The molecule has 1 aliphatic heterocycles. The Morgan fingerprint density at radius 1 is 1.40 bits per heavy atom. The lowest BCUT2D eigenvalue weighted by Gasteiger charge is -2.13. The van der Waals surface area contributed by atoms with Crippen molar-refractivity contribution in [2.45, 2.75) is 25.2 Å². The number of aromatic nitrogens is 2. The lowest BCUT2D eigenvalue weighted by Crippen LogP contribution is -2.20. The molecule has 0 saturated carbocycles. The van der Waals surface area contributed by atoms with Crippen LogP contribution in [-0.2, 0) is 0 Å². The summed E-state index contributed by atoms with van der Waals surface area (Å²) in [6.07, 6.45) is 3.12. The maximum absolute atomic E-state index is 11.3. The van der Waals surface area contributed by atoms with E-state index in [1.807, 2.05) is 0 Å². The van der Waals surface area contributed by atoms with Gasteiger partial charge in [0.15, 0.2) is 11.6 Å². The van der Waals surface area contributed by atoms with E-state index < -0.39 is 5.97 Å². The van der Waals surface area contributed by atoms with E-state index in [1.54, 1.807) is 22.6 Å². The normalized spacial score (nSPS) is 19.9. The monoisotopic (exact) mass is 275 g/mol. The van der Waals surface area contributed by atoms with E-state index in [0.717, 1.165) is 32.4 Å². The van der Waals surface area contributed by atoms with Crippen molar-refractivity contribution in [3.8, 4) is 5.88 Å². The summed E-state index contributed by atoms with van der Waals surface area (Å²) in [4.78, 5) is 15.6. The van der Waals surface area contributed by atoms with Crippen molar-refractivity contribution in [1.82, 2.24) is 14.7 Å². The molecule has 1 unspecified atom stereocenters. The summed E-state index contributed by atoms with van der Waals surface area (Å²) < 4.78 is 1.56. The van der Waals surface area contributed by atoms with Crippen LogP contribution in [0.1, 0.15) is 41.5 Å². The lowest BCUT2D eigenvalue weighted by molar-refractivity contribution is 0.0693. The molecule has 6 nitrogen and oxygen atoms in total. The minimum absolute atomic E-state index is 0.000136. The van der Waals surface area contributed by atoms with Crippen molar-refractivity contribution in [1.29, 1.82) is 0 Å². The van der Waals surface area contributed by atoms with Crippen LogP contribution in [0.4, 0.5) is 0 Å². The van der Waals surface area contributed by atoms with Crippen molar-refractivity contribution < 1.29 is 15.0 Å². The van der Waals surface area contributed by atoms with Gasteiger partial charge in [-0.2, -0.15) is 0 Å². The predicted octanol–water partition coefficient (Wildman–Crippen LogP) is 1.60. The number of nitrogens with one attached hydrogen (secondary N) is 1. The van der Waals surface area contributed by atoms with Gasteiger partial charge in [0.25, 0.3) is 0 Å². The molecule has 3 rings (SSSR count). The van der Waals surface area contributed by atoms with E-state index >= 15 is 0 Å². The van der Waals surface area contributed by atoms with Crippen molar-refractivity contribution >= 4 is 11.5 Å². The van der Waals surface area contributed by atoms with Gasteiger partial charge in [-0.15, -0.1) is 0 Å². The molecule has 0 aliphatic carbocycles. The minimum atomic E-state index is -1.07. The molecule has 2 aromatic rings. The summed E-state index contributed by atoms with van der Waals surface area (Å²) in [6, 6.07) is 4.85. The number of hydrogen-bond donors (Lipinski definition) is 3. The molecule has 1 fully saturated rings. The first-order chi connectivity index (χ1) is 9.68. The SMILES string of the molecule is O=C(O)c1nc(C2CCCCNC2)n2c(O)cccc12. The minimum Gasteiger partial charge on any atom is -0.494 e. The second-order valence-electron chi connectivity index (χ2n) is 5.13. The molecule has 0 aromatic carbocycles. The summed E-state index contributed by atoms with van der Waals surface area (Å²) in [6.45, 7) is 1.73. The molecule has 20 heavy (non-hydrogen) atoms. The number of pyridine rings is 1. The van der Waals surface area contributed by atoms with E-state index in [1.165, 1.54) is 0 Å². The second-order valence-corrected chi connectivity index (χ2v) is 5.13. The number of nitrogens with zero attached hydrogens (tertiary/aromatic N) is 2. The third-order valence-corrected chi connectivity index (χ3v) is 3.78. The van der Waals surface area contributed by atoms with Gasteiger partial charge in [-0.05, 0) is 31.5 Å². The van der Waals surface area contributed by atoms with E-state index in [0.29, 0.717) is 11.3 Å². The van der Waals surface area contributed by atoms with Gasteiger partial charge in [0.2, 0.25) is 0 Å². The topological polar surface area (TPSA) is 86.9 Å². The number of hydrogen-bond acceptors (Lipinski definition) is 4. The van der Waals surface area contributed by atoms with E-state index in [2.05, 4.69) is 10.3 Å². The number of aromatic carboxylic acids is 1. The molecule has 0 bridgehead atoms. The molecule has 0 amide bonds. The van der Waals surface area contributed by atoms with Crippen LogP contribution in [0.2, 0.25) is 0 Å². The maximum Gasteiger partial charge on any atom is 0.356 e. The fourth-order valence-electron chi connectivity index (χ4n) is 2.82. The first kappa shape index (κ1) is 12.9. The average molecular weight is 275 g/mol. The molecule has 6 heteroatoms. The van der Waals surface area contributed by atoms with Crippen molar-refractivity contribution in [2.75, 3.05) is 13.1 Å². The fraction of sp³-hybridized carbons (Fsp3) is 0.429. The van der Waals surface area contributed by atoms with Gasteiger partial charge in [-0.25, -0.2) is 9.78 Å². The van der Waals surface area contributed by atoms with Crippen LogP contribution >= 0.6 is 0 Å². The Kier molecular flexibility index (Phi) is 3.31. The Morgan fingerprint density at radius 3 is 3.05 bits per heavy atom. The third-order valence-electron chi connectivity index (χ3n) is 3.78. The lowest BCUT2D eigenvalue weighted by atomic mass is 10.0. The molecule has 0 radical (unpaired) electrons. The highest BCUT2D eigenvalue weighted by Gasteiger charge is 2.24. The van der Waals surface area contributed by atoms with E-state index in [-0.39, 0.29) is 17.5 Å². The standard InChI is InChI=1S/C14H17N3O3/c18-11-6-3-5-10-12(14(19)20)16-13(17(10)11)9-4-1-2-7-15-8-9/h3,5-6,9,15,18H,1-2,4,7-8H2,(H,19,20). The predicted molar refractivity (Wildman–Crippen MR) is 73.3 cm³/mol. The highest BCUT2D eigenvalue weighted by atomic mass is 16.4. The van der Waals surface area contributed by atoms with Crippen molar-refractivity contribution in [3.05, 3.63) is 29.7 Å². The highest BCUT2D eigenvalue weighted by molar-refractivity contribution is 5.93. The number of carboxylic acid groups (broad SMARTS) is 1. The molecule has 3 N–H and O–H groups in total. The number of carbonyl (C=O) groups is 1. The third kappa shape index (κ3) is 2.12. The van der Waals surface area contributed by atoms with Crippen LogP contribution in [-0.4, -0.2) is 38.7 Å². The summed E-state index contributed by atoms with van der Waals surface area (Å²) in [5.74, 6) is -0.293. The Labute approximate surface area is 116 Å². The molecule has 1 saturated heterocycles. The van der Waals surface area contributed by atoms with Gasteiger partial charge >= 0.3 is 5.97 Å². The quantitative estimate of drug-likeness (QED) is 0.775. The zero-order chi connectivity index (χ0) is 14.1. The summed E-state index contributed by atoms with van der Waals surface area (Å²) >= 11 is 0. The molecule has 3 heterocycles. The van der Waals surface area contributed by atoms with Gasteiger partial charge < -0.3 is 15.5 Å². The van der Waals surface area contributed by atoms with Crippen molar-refractivity contribution in [2.24, 2.45) is 0 Å². The summed E-state index contributed by atoms with van der Waals surface area (Å²) in [5.41, 5.74) is 0.442. The number of fused-ring (bicyclic) bond motifs is 1. The molecular weight excluding hydrogens is 258 g/mol. The smallest absolute Gasteiger partial charge is 0.356 e. The molecule has 1 aliphatic rings. The zero-order valence-corrected chi connectivity index (χ0v) is 11.0. The van der Waals surface area contributed by atoms with Crippen LogP contribution < -0.4 is 5.32 Å². The molecule has 0 spiro atoms. The fourth-order valence-corrected chi connectivity index (χ4v) is 2.82. The van der Waals surface area contributed by atoms with Gasteiger partial charge in [0.1, 0.15) is 5.82 Å². The molecule has 106 valence electrons. The van der Waals surface area contributed by atoms with E-state index in [4.69, 9.17) is 0 Å². The first-order valence-electron chi connectivity index (χ1n) is 6.83. The van der Waals surface area contributed by atoms with Gasteiger partial charge in [-0.3, -0.25) is 4.40 Å². The second kappa shape index (κ2) is 5.13. The van der Waals surface area contributed by atoms with Gasteiger partial charge in [0.05, 0.1) is 5.52 Å². The Balaban J connectivity index is 2.16. The Hall–Kier alpha value is -2.08. The number of rotatable bonds is 2. The first-order valence-corrected chi connectivity index (χ1v) is 6.83. The highest BCUT2D eigenvalue weighted by Crippen LogP contribution is 2.28. The average Bonchev–Trinajstić information content (AvgIpc) is 2.63. The molecule has 2 aromatic heterocycles. The molecular formula is C14H17N3O3. The van der Waals surface area contributed by atoms with Crippen molar-refractivity contribution in [3.63, 3.8) is 0 Å². The Bertz CT molecular complexity index is 642. The van der Waals surface area contributed by atoms with Crippen LogP contribution in [0.3, 0.4) is 0 Å². The Morgan fingerprint density at radius 2 is 2.25 bits per heavy atom. The number of carboxylic acids is 1. The zero-order valence-electron chi connectivity index (χ0n) is 11.0. The van der Waals surface area contributed by atoms with Gasteiger partial charge in [0, 0.05) is 12.5 Å². The number of imidazole rings is 1.